The minimum atomic E-state index is 0.0648. The molecule has 2 rings (SSSR count). The van der Waals surface area contributed by atoms with E-state index >= 15 is 0 Å². The van der Waals surface area contributed by atoms with Gasteiger partial charge in [-0.2, -0.15) is 0 Å². The average Bonchev–Trinajstić information content (AvgIpc) is 2.20. The molecule has 1 atom stereocenters. The van der Waals surface area contributed by atoms with E-state index in [-0.39, 0.29) is 5.92 Å². The van der Waals surface area contributed by atoms with Crippen LogP contribution in [0.15, 0.2) is 18.7 Å². The van der Waals surface area contributed by atoms with Crippen molar-refractivity contribution in [1.82, 2.24) is 9.97 Å². The van der Waals surface area contributed by atoms with E-state index in [1.165, 1.54) is 6.33 Å². The Bertz CT molecular complexity index is 297. The summed E-state index contributed by atoms with van der Waals surface area (Å²) in [5.74, 6) is 0.413. The Morgan fingerprint density at radius 3 is 2.69 bits per heavy atom. The molecule has 1 aromatic rings. The van der Waals surface area contributed by atoms with Crippen LogP contribution in [0.2, 0.25) is 0 Å². The molecular formula is C10H12N2O. The third-order valence-electron chi connectivity index (χ3n) is 2.54. The molecule has 0 unspecified atom stereocenters. The highest BCUT2D eigenvalue weighted by molar-refractivity contribution is 5.86. The lowest BCUT2D eigenvalue weighted by Gasteiger charge is -2.19. The first-order chi connectivity index (χ1) is 6.38. The van der Waals surface area contributed by atoms with Crippen LogP contribution in [0.25, 0.3) is 0 Å². The average molecular weight is 176 g/mol. The maximum atomic E-state index is 11.5. The van der Waals surface area contributed by atoms with Gasteiger partial charge in [0.2, 0.25) is 0 Å². The molecule has 68 valence electrons. The molecule has 0 aliphatic heterocycles. The summed E-state index contributed by atoms with van der Waals surface area (Å²) < 4.78 is 0. The molecule has 1 aliphatic carbocycles. The van der Waals surface area contributed by atoms with E-state index in [0.717, 1.165) is 31.2 Å². The quantitative estimate of drug-likeness (QED) is 0.654. The molecule has 1 heterocycles. The molecule has 3 nitrogen and oxygen atoms in total. The molecule has 0 saturated heterocycles. The zero-order valence-corrected chi connectivity index (χ0v) is 7.44. The van der Waals surface area contributed by atoms with E-state index < -0.39 is 0 Å². The smallest absolute Gasteiger partial charge is 0.140 e. The number of ketones is 1. The molecule has 0 radical (unpaired) electrons. The van der Waals surface area contributed by atoms with Crippen LogP contribution in [0, 0.1) is 0 Å². The van der Waals surface area contributed by atoms with Crippen molar-refractivity contribution in [3.63, 3.8) is 0 Å². The van der Waals surface area contributed by atoms with Gasteiger partial charge in [0.1, 0.15) is 12.1 Å². The number of carbonyl (C=O) groups excluding carboxylic acids is 1. The van der Waals surface area contributed by atoms with Gasteiger partial charge < -0.3 is 0 Å². The van der Waals surface area contributed by atoms with Gasteiger partial charge in [-0.3, -0.25) is 4.79 Å². The fraction of sp³-hybridized carbons (Fsp3) is 0.500. The summed E-state index contributed by atoms with van der Waals surface area (Å²) in [6, 6.07) is 0. The first kappa shape index (κ1) is 8.35. The van der Waals surface area contributed by atoms with Gasteiger partial charge in [0.15, 0.2) is 0 Å². The van der Waals surface area contributed by atoms with Crippen molar-refractivity contribution < 1.29 is 4.79 Å². The van der Waals surface area contributed by atoms with E-state index in [2.05, 4.69) is 9.97 Å². The summed E-state index contributed by atoms with van der Waals surface area (Å²) in [4.78, 5) is 19.4. The molecule has 13 heavy (non-hydrogen) atoms. The highest BCUT2D eigenvalue weighted by Gasteiger charge is 2.23. The van der Waals surface area contributed by atoms with Crippen molar-refractivity contribution in [2.75, 3.05) is 0 Å². The van der Waals surface area contributed by atoms with Gasteiger partial charge in [0.05, 0.1) is 0 Å². The number of carbonyl (C=O) groups is 1. The predicted octanol–water partition coefficient (Wildman–Crippen LogP) is 1.70. The zero-order valence-electron chi connectivity index (χ0n) is 7.44. The van der Waals surface area contributed by atoms with Gasteiger partial charge >= 0.3 is 0 Å². The molecule has 0 N–H and O–H groups in total. The Labute approximate surface area is 77.2 Å². The number of nitrogens with zero attached hydrogens (tertiary/aromatic N) is 2. The van der Waals surface area contributed by atoms with Gasteiger partial charge in [-0.05, 0) is 18.4 Å². The van der Waals surface area contributed by atoms with Gasteiger partial charge in [-0.15, -0.1) is 0 Å². The van der Waals surface area contributed by atoms with Crippen LogP contribution in [0.3, 0.4) is 0 Å². The van der Waals surface area contributed by atoms with E-state index in [4.69, 9.17) is 0 Å². The lowest BCUT2D eigenvalue weighted by atomic mass is 9.84. The molecule has 0 aromatic carbocycles. The Morgan fingerprint density at radius 1 is 1.23 bits per heavy atom. The third-order valence-corrected chi connectivity index (χ3v) is 2.54. The lowest BCUT2D eigenvalue weighted by Crippen LogP contribution is -2.17. The second kappa shape index (κ2) is 3.64. The normalized spacial score (nSPS) is 23.1. The van der Waals surface area contributed by atoms with Gasteiger partial charge in [0.25, 0.3) is 0 Å². The van der Waals surface area contributed by atoms with Crippen LogP contribution >= 0.6 is 0 Å². The molecular weight excluding hydrogens is 164 g/mol. The first-order valence-electron chi connectivity index (χ1n) is 4.65. The molecule has 0 amide bonds. The van der Waals surface area contributed by atoms with Crippen molar-refractivity contribution in [1.29, 1.82) is 0 Å². The highest BCUT2D eigenvalue weighted by atomic mass is 16.1. The topological polar surface area (TPSA) is 42.9 Å². The Balaban J connectivity index is 2.20. The van der Waals surface area contributed by atoms with E-state index in [1.807, 2.05) is 0 Å². The molecule has 1 aliphatic rings. The van der Waals surface area contributed by atoms with Crippen molar-refractivity contribution in [2.45, 2.75) is 31.6 Å². The molecule has 1 saturated carbocycles. The summed E-state index contributed by atoms with van der Waals surface area (Å²) in [5.41, 5.74) is 0.979. The Kier molecular flexibility index (Phi) is 2.34. The van der Waals surface area contributed by atoms with Crippen molar-refractivity contribution >= 4 is 5.78 Å². The summed E-state index contributed by atoms with van der Waals surface area (Å²) in [6.07, 6.45) is 8.87. The number of hydrogen-bond donors (Lipinski definition) is 0. The second-order valence-electron chi connectivity index (χ2n) is 3.44. The summed E-state index contributed by atoms with van der Waals surface area (Å²) in [5, 5.41) is 0. The fourth-order valence-electron chi connectivity index (χ4n) is 1.83. The van der Waals surface area contributed by atoms with Crippen LogP contribution in [0.5, 0.6) is 0 Å². The largest absolute Gasteiger partial charge is 0.299 e. The van der Waals surface area contributed by atoms with Crippen LogP contribution in [0.1, 0.15) is 37.2 Å². The van der Waals surface area contributed by atoms with Gasteiger partial charge in [0, 0.05) is 24.7 Å². The minimum absolute atomic E-state index is 0.0648. The number of aromatic nitrogens is 2. The summed E-state index contributed by atoms with van der Waals surface area (Å²) in [7, 11) is 0. The highest BCUT2D eigenvalue weighted by Crippen LogP contribution is 2.28. The monoisotopic (exact) mass is 176 g/mol. The number of hydrogen-bond acceptors (Lipinski definition) is 3. The minimum Gasteiger partial charge on any atom is -0.299 e. The van der Waals surface area contributed by atoms with Gasteiger partial charge in [-0.1, -0.05) is 6.42 Å². The number of rotatable bonds is 1. The predicted molar refractivity (Wildman–Crippen MR) is 48.2 cm³/mol. The molecule has 0 bridgehead atoms. The summed E-state index contributed by atoms with van der Waals surface area (Å²) >= 11 is 0. The van der Waals surface area contributed by atoms with E-state index in [0.29, 0.717) is 5.78 Å². The van der Waals surface area contributed by atoms with Gasteiger partial charge in [-0.25, -0.2) is 9.97 Å². The van der Waals surface area contributed by atoms with Crippen LogP contribution in [-0.4, -0.2) is 15.8 Å². The summed E-state index contributed by atoms with van der Waals surface area (Å²) in [6.45, 7) is 0. The van der Waals surface area contributed by atoms with Crippen LogP contribution < -0.4 is 0 Å². The standard InChI is InChI=1S/C10H12N2O/c13-10-4-2-1-3-9(10)8-5-11-7-12-6-8/h5-7,9H,1-4H2/t9-/m1/s1. The molecule has 1 aromatic heterocycles. The van der Waals surface area contributed by atoms with Crippen molar-refractivity contribution in [2.24, 2.45) is 0 Å². The third kappa shape index (κ3) is 1.74. The zero-order chi connectivity index (χ0) is 9.10. The number of Topliss-reactive ketones (excluding diaryl/α,β-unsaturated/α-hetero) is 1. The Hall–Kier alpha value is -1.25. The molecule has 1 fully saturated rings. The SMILES string of the molecule is O=C1CCCC[C@@H]1c1cncnc1. The Morgan fingerprint density at radius 2 is 2.00 bits per heavy atom. The van der Waals surface area contributed by atoms with Crippen LogP contribution in [-0.2, 0) is 4.79 Å². The first-order valence-corrected chi connectivity index (χ1v) is 4.65. The maximum absolute atomic E-state index is 11.5. The maximum Gasteiger partial charge on any atom is 0.140 e. The second-order valence-corrected chi connectivity index (χ2v) is 3.44. The van der Waals surface area contributed by atoms with Crippen LogP contribution in [0.4, 0.5) is 0 Å². The van der Waals surface area contributed by atoms with Crippen molar-refractivity contribution in [3.05, 3.63) is 24.3 Å². The van der Waals surface area contributed by atoms with Crippen molar-refractivity contribution in [3.8, 4) is 0 Å². The lowest BCUT2D eigenvalue weighted by molar-refractivity contribution is -0.121. The molecule has 3 heteroatoms. The fourth-order valence-corrected chi connectivity index (χ4v) is 1.83. The van der Waals surface area contributed by atoms with E-state index in [1.54, 1.807) is 12.4 Å². The molecule has 0 spiro atoms. The van der Waals surface area contributed by atoms with E-state index in [9.17, 15) is 4.79 Å².